The van der Waals surface area contributed by atoms with Crippen molar-refractivity contribution in [3.8, 4) is 0 Å². The van der Waals surface area contributed by atoms with Crippen LogP contribution in [-0.2, 0) is 0 Å². The monoisotopic (exact) mass is 285 g/mol. The van der Waals surface area contributed by atoms with Crippen LogP contribution >= 0.6 is 15.9 Å². The topological polar surface area (TPSA) is 3.24 Å². The molecule has 16 heavy (non-hydrogen) atoms. The molecule has 0 N–H and O–H groups in total. The largest absolute Gasteiger partial charge is 0.369 e. The minimum absolute atomic E-state index is 0.121. The van der Waals surface area contributed by atoms with E-state index in [1.165, 1.54) is 12.5 Å². The molecule has 3 heteroatoms. The van der Waals surface area contributed by atoms with Crippen LogP contribution in [0.25, 0.3) is 0 Å². The van der Waals surface area contributed by atoms with Gasteiger partial charge in [-0.3, -0.25) is 0 Å². The first kappa shape index (κ1) is 11.9. The van der Waals surface area contributed by atoms with E-state index >= 15 is 0 Å². The van der Waals surface area contributed by atoms with Gasteiger partial charge >= 0.3 is 0 Å². The Bertz CT molecular complexity index is 370. The molecule has 0 aliphatic carbocycles. The standard InChI is InChI=1S/C13H17BrFN/c1-9-5-10(2)8-16(7-9)13-6-11(14)3-4-12(13)15/h3-4,6,9-10H,5,7-8H2,1-2H3. The molecule has 2 unspecified atom stereocenters. The van der Waals surface area contributed by atoms with Crippen LogP contribution in [0.15, 0.2) is 22.7 Å². The van der Waals surface area contributed by atoms with Gasteiger partial charge in [0.2, 0.25) is 0 Å². The summed E-state index contributed by atoms with van der Waals surface area (Å²) in [4.78, 5) is 2.17. The van der Waals surface area contributed by atoms with E-state index in [0.717, 1.165) is 23.2 Å². The molecule has 0 aromatic heterocycles. The number of benzene rings is 1. The van der Waals surface area contributed by atoms with Gasteiger partial charge in [0.1, 0.15) is 5.82 Å². The average molecular weight is 286 g/mol. The Hall–Kier alpha value is -0.570. The number of halogens is 2. The highest BCUT2D eigenvalue weighted by molar-refractivity contribution is 9.10. The molecule has 0 bridgehead atoms. The van der Waals surface area contributed by atoms with Gasteiger partial charge in [0.25, 0.3) is 0 Å². The first-order valence-corrected chi connectivity index (χ1v) is 6.55. The summed E-state index contributed by atoms with van der Waals surface area (Å²) in [5.74, 6) is 1.16. The Morgan fingerprint density at radius 3 is 2.50 bits per heavy atom. The zero-order valence-corrected chi connectivity index (χ0v) is 11.3. The molecule has 1 saturated heterocycles. The van der Waals surface area contributed by atoms with E-state index < -0.39 is 0 Å². The van der Waals surface area contributed by atoms with E-state index in [0.29, 0.717) is 11.8 Å². The van der Waals surface area contributed by atoms with Crippen molar-refractivity contribution in [1.29, 1.82) is 0 Å². The Kier molecular flexibility index (Phi) is 3.53. The molecule has 1 aromatic carbocycles. The van der Waals surface area contributed by atoms with Gasteiger partial charge in [-0.05, 0) is 36.5 Å². The van der Waals surface area contributed by atoms with Crippen molar-refractivity contribution in [2.75, 3.05) is 18.0 Å². The van der Waals surface area contributed by atoms with E-state index in [2.05, 4.69) is 34.7 Å². The smallest absolute Gasteiger partial charge is 0.146 e. The van der Waals surface area contributed by atoms with Crippen molar-refractivity contribution in [3.63, 3.8) is 0 Å². The van der Waals surface area contributed by atoms with Gasteiger partial charge in [0, 0.05) is 17.6 Å². The SMILES string of the molecule is CC1CC(C)CN(c2cc(Br)ccc2F)C1. The lowest BCUT2D eigenvalue weighted by molar-refractivity contribution is 0.354. The maximum absolute atomic E-state index is 13.7. The van der Waals surface area contributed by atoms with Crippen molar-refractivity contribution in [2.24, 2.45) is 11.8 Å². The molecule has 0 amide bonds. The zero-order valence-electron chi connectivity index (χ0n) is 9.71. The van der Waals surface area contributed by atoms with Crippen LogP contribution in [0.3, 0.4) is 0 Å². The summed E-state index contributed by atoms with van der Waals surface area (Å²) in [6.45, 7) is 6.38. The number of piperidine rings is 1. The maximum Gasteiger partial charge on any atom is 0.146 e. The summed E-state index contributed by atoms with van der Waals surface area (Å²) < 4.78 is 14.7. The van der Waals surface area contributed by atoms with Crippen molar-refractivity contribution in [1.82, 2.24) is 0 Å². The van der Waals surface area contributed by atoms with Crippen molar-refractivity contribution in [3.05, 3.63) is 28.5 Å². The Morgan fingerprint density at radius 1 is 1.25 bits per heavy atom. The molecule has 1 heterocycles. The molecule has 1 aromatic rings. The number of hydrogen-bond donors (Lipinski definition) is 0. The summed E-state index contributed by atoms with van der Waals surface area (Å²) in [5, 5.41) is 0. The van der Waals surface area contributed by atoms with Crippen molar-refractivity contribution >= 4 is 21.6 Å². The Balaban J connectivity index is 2.25. The average Bonchev–Trinajstić information content (AvgIpc) is 2.20. The minimum Gasteiger partial charge on any atom is -0.369 e. The van der Waals surface area contributed by atoms with Crippen LogP contribution in [0.5, 0.6) is 0 Å². The Morgan fingerprint density at radius 2 is 1.88 bits per heavy atom. The molecule has 0 spiro atoms. The predicted molar refractivity (Wildman–Crippen MR) is 69.3 cm³/mol. The molecule has 1 nitrogen and oxygen atoms in total. The second-order valence-corrected chi connectivity index (χ2v) is 5.86. The van der Waals surface area contributed by atoms with Crippen molar-refractivity contribution in [2.45, 2.75) is 20.3 Å². The molecular formula is C13H17BrFN. The van der Waals surface area contributed by atoms with E-state index in [9.17, 15) is 4.39 Å². The first-order valence-electron chi connectivity index (χ1n) is 5.76. The predicted octanol–water partition coefficient (Wildman–Crippen LogP) is 4.07. The fraction of sp³-hybridized carbons (Fsp3) is 0.538. The van der Waals surface area contributed by atoms with E-state index in [4.69, 9.17) is 0 Å². The van der Waals surface area contributed by atoms with Gasteiger partial charge in [-0.1, -0.05) is 29.8 Å². The summed E-state index contributed by atoms with van der Waals surface area (Å²) in [7, 11) is 0. The van der Waals surface area contributed by atoms with Crippen LogP contribution in [0, 0.1) is 17.7 Å². The maximum atomic E-state index is 13.7. The second kappa shape index (κ2) is 4.74. The number of nitrogens with zero attached hydrogens (tertiary/aromatic N) is 1. The quantitative estimate of drug-likeness (QED) is 0.752. The summed E-state index contributed by atoms with van der Waals surface area (Å²) in [5.41, 5.74) is 0.729. The first-order chi connectivity index (χ1) is 7.56. The zero-order chi connectivity index (χ0) is 11.7. The molecule has 2 rings (SSSR count). The molecule has 1 aliphatic rings. The third-order valence-corrected chi connectivity index (χ3v) is 3.61. The third-order valence-electron chi connectivity index (χ3n) is 3.12. The highest BCUT2D eigenvalue weighted by Gasteiger charge is 2.23. The number of hydrogen-bond acceptors (Lipinski definition) is 1. The molecule has 88 valence electrons. The fourth-order valence-corrected chi connectivity index (χ4v) is 2.94. The lowest BCUT2D eigenvalue weighted by atomic mass is 9.91. The van der Waals surface area contributed by atoms with Gasteiger partial charge in [-0.2, -0.15) is 0 Å². The summed E-state index contributed by atoms with van der Waals surface area (Å²) in [6, 6.07) is 5.15. The van der Waals surface area contributed by atoms with Crippen LogP contribution in [-0.4, -0.2) is 13.1 Å². The molecule has 1 aliphatic heterocycles. The molecule has 1 fully saturated rings. The van der Waals surface area contributed by atoms with Gasteiger partial charge < -0.3 is 4.90 Å². The highest BCUT2D eigenvalue weighted by Crippen LogP contribution is 2.30. The van der Waals surface area contributed by atoms with Crippen LogP contribution < -0.4 is 4.90 Å². The van der Waals surface area contributed by atoms with Crippen LogP contribution in [0.4, 0.5) is 10.1 Å². The molecule has 0 saturated carbocycles. The summed E-state index contributed by atoms with van der Waals surface area (Å²) in [6.07, 6.45) is 1.24. The molecule has 2 atom stereocenters. The Labute approximate surface area is 105 Å². The normalized spacial score (nSPS) is 25.9. The van der Waals surface area contributed by atoms with Gasteiger partial charge in [0.05, 0.1) is 5.69 Å². The third kappa shape index (κ3) is 2.57. The van der Waals surface area contributed by atoms with E-state index in [1.54, 1.807) is 6.07 Å². The van der Waals surface area contributed by atoms with Gasteiger partial charge in [-0.15, -0.1) is 0 Å². The van der Waals surface area contributed by atoms with Gasteiger partial charge in [-0.25, -0.2) is 4.39 Å². The van der Waals surface area contributed by atoms with Crippen LogP contribution in [0.2, 0.25) is 0 Å². The van der Waals surface area contributed by atoms with Crippen molar-refractivity contribution < 1.29 is 4.39 Å². The van der Waals surface area contributed by atoms with E-state index in [-0.39, 0.29) is 5.82 Å². The minimum atomic E-state index is -0.121. The highest BCUT2D eigenvalue weighted by atomic mass is 79.9. The lowest BCUT2D eigenvalue weighted by Gasteiger charge is -2.36. The van der Waals surface area contributed by atoms with E-state index in [1.807, 2.05) is 6.07 Å². The number of rotatable bonds is 1. The van der Waals surface area contributed by atoms with Gasteiger partial charge in [0.15, 0.2) is 0 Å². The fourth-order valence-electron chi connectivity index (χ4n) is 2.59. The van der Waals surface area contributed by atoms with Crippen LogP contribution in [0.1, 0.15) is 20.3 Å². The molecule has 0 radical (unpaired) electrons. The molecular weight excluding hydrogens is 269 g/mol. The second-order valence-electron chi connectivity index (χ2n) is 4.95. The lowest BCUT2D eigenvalue weighted by Crippen LogP contribution is -2.39. The number of anilines is 1. The summed E-state index contributed by atoms with van der Waals surface area (Å²) >= 11 is 3.40.